The van der Waals surface area contributed by atoms with Gasteiger partial charge in [-0.2, -0.15) is 0 Å². The highest BCUT2D eigenvalue weighted by Gasteiger charge is 2.28. The van der Waals surface area contributed by atoms with E-state index in [0.717, 1.165) is 38.5 Å². The Morgan fingerprint density at radius 2 is 1.21 bits per heavy atom. The number of phosphoric acid groups is 1. The average molecular weight is 810 g/mol. The largest absolute Gasteiger partial charge is 0.480 e. The van der Waals surface area contributed by atoms with Crippen molar-refractivity contribution in [1.29, 1.82) is 0 Å². The first-order valence-corrected chi connectivity index (χ1v) is 22.1. The molecule has 0 aliphatic carbocycles. The number of nitrogens with two attached hydrogens (primary N) is 1. The smallest absolute Gasteiger partial charge is 0.472 e. The number of allylic oxidation sites excluding steroid dienone is 10. The van der Waals surface area contributed by atoms with Gasteiger partial charge in [0.05, 0.1) is 19.3 Å². The first-order chi connectivity index (χ1) is 27.0. The minimum absolute atomic E-state index is 0.0713. The first-order valence-electron chi connectivity index (χ1n) is 20.6. The van der Waals surface area contributed by atoms with Gasteiger partial charge in [-0.1, -0.05) is 157 Å². The Bertz CT molecular complexity index is 1240. The second-order valence-electron chi connectivity index (χ2n) is 13.6. The second-order valence-corrected chi connectivity index (χ2v) is 15.0. The number of esters is 2. The summed E-state index contributed by atoms with van der Waals surface area (Å²) in [4.78, 5) is 45.8. The quantitative estimate of drug-likeness (QED) is 0.0153. The molecular formula is C43H72NO11P. The minimum Gasteiger partial charge on any atom is -0.480 e. The standard InChI is InChI=1S/C43H72NO11P/c1-3-5-7-9-11-12-13-14-19-22-26-30-34-42(47)55-39(36-53-56(50,51)54-37-40(44)43(48)49)35-52-41(46)33-29-25-21-18-16-15-17-20-24-28-32-38(45)31-27-23-10-8-6-4-2/h6,8,15-16,20-21,23-25,27-28,32,38-40,45H,3-5,7,9-14,17-19,22,26,29-31,33-37,44H2,1-2H3,(H,48,49)(H,50,51)/b8-6-,16-15-,24-20-,25-21-,27-23-,32-28+/t38?,39-,40+/m1/s1. The molecule has 0 aliphatic heterocycles. The molecule has 0 aromatic carbocycles. The summed E-state index contributed by atoms with van der Waals surface area (Å²) in [5.41, 5.74) is 5.31. The summed E-state index contributed by atoms with van der Waals surface area (Å²) < 4.78 is 32.5. The van der Waals surface area contributed by atoms with E-state index in [1.54, 1.807) is 6.08 Å². The predicted octanol–water partition coefficient (Wildman–Crippen LogP) is 9.53. The lowest BCUT2D eigenvalue weighted by Gasteiger charge is -2.20. The maximum Gasteiger partial charge on any atom is 0.472 e. The van der Waals surface area contributed by atoms with Gasteiger partial charge in [0.2, 0.25) is 0 Å². The first kappa shape index (κ1) is 52.9. The number of carboxylic acid groups (broad SMARTS) is 1. The molecule has 12 nitrogen and oxygen atoms in total. The third-order valence-electron chi connectivity index (χ3n) is 8.31. The van der Waals surface area contributed by atoms with Crippen LogP contribution in [0.1, 0.15) is 142 Å². The van der Waals surface area contributed by atoms with E-state index >= 15 is 0 Å². The van der Waals surface area contributed by atoms with Crippen LogP contribution in [-0.4, -0.2) is 71.1 Å². The summed E-state index contributed by atoms with van der Waals surface area (Å²) in [6, 6.07) is -1.54. The Balaban J connectivity index is 4.57. The molecule has 0 aliphatic rings. The van der Waals surface area contributed by atoms with E-state index in [0.29, 0.717) is 25.7 Å². The lowest BCUT2D eigenvalue weighted by Crippen LogP contribution is -2.34. The zero-order chi connectivity index (χ0) is 41.5. The van der Waals surface area contributed by atoms with E-state index < -0.39 is 63.8 Å². The van der Waals surface area contributed by atoms with Gasteiger partial charge >= 0.3 is 25.7 Å². The van der Waals surface area contributed by atoms with Gasteiger partial charge in [0, 0.05) is 12.8 Å². The average Bonchev–Trinajstić information content (AvgIpc) is 3.17. The van der Waals surface area contributed by atoms with Crippen LogP contribution in [0.2, 0.25) is 0 Å². The Morgan fingerprint density at radius 3 is 1.84 bits per heavy atom. The molecule has 0 aromatic rings. The molecule has 0 fully saturated rings. The summed E-state index contributed by atoms with van der Waals surface area (Å²) in [5.74, 6) is -2.53. The van der Waals surface area contributed by atoms with Crippen molar-refractivity contribution in [3.63, 3.8) is 0 Å². The number of carbonyl (C=O) groups is 3. The maximum absolute atomic E-state index is 12.6. The Kier molecular flexibility index (Phi) is 35.4. The normalized spacial score (nSPS) is 15.1. The van der Waals surface area contributed by atoms with Crippen LogP contribution in [-0.2, 0) is 37.5 Å². The zero-order valence-electron chi connectivity index (χ0n) is 34.1. The molecule has 13 heteroatoms. The van der Waals surface area contributed by atoms with Gasteiger partial charge in [0.15, 0.2) is 6.10 Å². The van der Waals surface area contributed by atoms with Crippen LogP contribution in [0.25, 0.3) is 0 Å². The second kappa shape index (κ2) is 37.5. The van der Waals surface area contributed by atoms with Gasteiger partial charge in [-0.05, 0) is 44.9 Å². The maximum atomic E-state index is 12.6. The van der Waals surface area contributed by atoms with Crippen molar-refractivity contribution in [2.75, 3.05) is 19.8 Å². The Labute approximate surface area is 336 Å². The van der Waals surface area contributed by atoms with Gasteiger partial charge in [0.1, 0.15) is 12.6 Å². The Hall–Kier alpha value is -3.12. The van der Waals surface area contributed by atoms with Crippen LogP contribution >= 0.6 is 7.82 Å². The molecule has 0 saturated heterocycles. The number of hydrogen-bond acceptors (Lipinski definition) is 10. The van der Waals surface area contributed by atoms with Crippen molar-refractivity contribution in [3.8, 4) is 0 Å². The van der Waals surface area contributed by atoms with E-state index in [-0.39, 0.29) is 12.8 Å². The molecule has 2 unspecified atom stereocenters. The molecule has 0 spiro atoms. The number of carbonyl (C=O) groups excluding carboxylic acids is 2. The number of rotatable bonds is 37. The highest BCUT2D eigenvalue weighted by molar-refractivity contribution is 7.47. The molecule has 0 radical (unpaired) electrons. The molecule has 0 saturated carbocycles. The highest BCUT2D eigenvalue weighted by atomic mass is 31.2. The number of aliphatic hydroxyl groups excluding tert-OH is 1. The fourth-order valence-corrected chi connectivity index (χ4v) is 5.83. The third kappa shape index (κ3) is 36.5. The minimum atomic E-state index is -4.74. The molecule has 320 valence electrons. The summed E-state index contributed by atoms with van der Waals surface area (Å²) in [6.45, 7) is 2.51. The van der Waals surface area contributed by atoms with Crippen molar-refractivity contribution in [2.24, 2.45) is 5.73 Å². The lowest BCUT2D eigenvalue weighted by molar-refractivity contribution is -0.161. The highest BCUT2D eigenvalue weighted by Crippen LogP contribution is 2.43. The molecule has 5 N–H and O–H groups in total. The van der Waals surface area contributed by atoms with Crippen molar-refractivity contribution >= 4 is 25.7 Å². The third-order valence-corrected chi connectivity index (χ3v) is 9.26. The fraction of sp³-hybridized carbons (Fsp3) is 0.651. The fourth-order valence-electron chi connectivity index (χ4n) is 5.06. The van der Waals surface area contributed by atoms with Crippen LogP contribution < -0.4 is 5.73 Å². The zero-order valence-corrected chi connectivity index (χ0v) is 35.0. The molecule has 0 bridgehead atoms. The van der Waals surface area contributed by atoms with Crippen molar-refractivity contribution in [3.05, 3.63) is 72.9 Å². The van der Waals surface area contributed by atoms with Crippen LogP contribution in [0.5, 0.6) is 0 Å². The summed E-state index contributed by atoms with van der Waals surface area (Å²) in [5, 5.41) is 18.9. The summed E-state index contributed by atoms with van der Waals surface area (Å²) >= 11 is 0. The Morgan fingerprint density at radius 1 is 0.661 bits per heavy atom. The molecule has 4 atom stereocenters. The molecule has 0 aromatic heterocycles. The van der Waals surface area contributed by atoms with Crippen LogP contribution in [0, 0.1) is 0 Å². The monoisotopic (exact) mass is 809 g/mol. The van der Waals surface area contributed by atoms with Gasteiger partial charge in [0.25, 0.3) is 0 Å². The SMILES string of the molecule is CC/C=C\C/C=C\CC(O)/C=C/C=C\C/C=C\C/C=C\CCC(=O)OC[C@H](COP(=O)(O)OC[C@H](N)C(=O)O)OC(=O)CCCCCCCCCCCCCC. The van der Waals surface area contributed by atoms with E-state index in [2.05, 4.69) is 30.5 Å². The number of aliphatic hydroxyl groups is 1. The topological polar surface area (TPSA) is 192 Å². The van der Waals surface area contributed by atoms with E-state index in [1.807, 2.05) is 54.7 Å². The van der Waals surface area contributed by atoms with Crippen molar-refractivity contribution in [1.82, 2.24) is 0 Å². The molecule has 0 rings (SSSR count). The van der Waals surface area contributed by atoms with Gasteiger partial charge in [-0.15, -0.1) is 0 Å². The van der Waals surface area contributed by atoms with E-state index in [4.69, 9.17) is 24.8 Å². The predicted molar refractivity (Wildman–Crippen MR) is 223 cm³/mol. The van der Waals surface area contributed by atoms with Crippen LogP contribution in [0.4, 0.5) is 0 Å². The number of hydrogen-bond donors (Lipinski definition) is 4. The van der Waals surface area contributed by atoms with Crippen molar-refractivity contribution < 1.29 is 52.6 Å². The molecular weight excluding hydrogens is 737 g/mol. The summed E-state index contributed by atoms with van der Waals surface area (Å²) in [7, 11) is -4.74. The number of phosphoric ester groups is 1. The lowest BCUT2D eigenvalue weighted by atomic mass is 10.0. The van der Waals surface area contributed by atoms with Crippen LogP contribution in [0.3, 0.4) is 0 Å². The van der Waals surface area contributed by atoms with Gasteiger partial charge in [-0.25, -0.2) is 4.57 Å². The van der Waals surface area contributed by atoms with Crippen molar-refractivity contribution in [2.45, 2.75) is 161 Å². The number of carboxylic acids is 1. The van der Waals surface area contributed by atoms with E-state index in [9.17, 15) is 28.9 Å². The van der Waals surface area contributed by atoms with E-state index in [1.165, 1.54) is 51.4 Å². The number of unbranched alkanes of at least 4 members (excludes halogenated alkanes) is 11. The molecule has 0 heterocycles. The molecule has 0 amide bonds. The van der Waals surface area contributed by atoms with Gasteiger partial charge in [-0.3, -0.25) is 23.4 Å². The summed E-state index contributed by atoms with van der Waals surface area (Å²) in [6.07, 6.45) is 40.1. The van der Waals surface area contributed by atoms with Crippen LogP contribution in [0.15, 0.2) is 72.9 Å². The number of ether oxygens (including phenoxy) is 2. The van der Waals surface area contributed by atoms with Gasteiger partial charge < -0.3 is 30.3 Å². The number of aliphatic carboxylic acids is 1. The molecule has 56 heavy (non-hydrogen) atoms.